The minimum absolute atomic E-state index is 0.206. The lowest BCUT2D eigenvalue weighted by Crippen LogP contribution is -2.24. The molecule has 0 saturated heterocycles. The van der Waals surface area contributed by atoms with Crippen molar-refractivity contribution >= 4 is 21.8 Å². The van der Waals surface area contributed by atoms with Crippen molar-refractivity contribution in [1.82, 2.24) is 5.06 Å². The van der Waals surface area contributed by atoms with Crippen molar-refractivity contribution in [3.05, 3.63) is 39.5 Å². The number of nitrogens with zero attached hydrogens (tertiary/aromatic N) is 2. The molecule has 73 valence electrons. The first-order valence-electron chi connectivity index (χ1n) is 4.21. The molecule has 0 aliphatic carbocycles. The predicted molar refractivity (Wildman–Crippen MR) is 54.1 cm³/mol. The fourth-order valence-electron chi connectivity index (χ4n) is 1.40. The quantitative estimate of drug-likeness (QED) is 0.562. The smallest absolute Gasteiger partial charge is 0.315 e. The first-order chi connectivity index (χ1) is 6.68. The van der Waals surface area contributed by atoms with Crippen molar-refractivity contribution in [2.75, 3.05) is 13.1 Å². The van der Waals surface area contributed by atoms with E-state index < -0.39 is 0 Å². The van der Waals surface area contributed by atoms with E-state index in [9.17, 15) is 10.4 Å². The van der Waals surface area contributed by atoms with E-state index in [1.165, 1.54) is 0 Å². The molecule has 2 rings (SSSR count). The molecule has 0 spiro atoms. The fourth-order valence-corrected chi connectivity index (χ4v) is 1.67. The Morgan fingerprint density at radius 2 is 2.00 bits per heavy atom. The first kappa shape index (κ1) is 9.48. The van der Waals surface area contributed by atoms with Crippen molar-refractivity contribution in [1.29, 1.82) is 0 Å². The van der Waals surface area contributed by atoms with E-state index in [1.54, 1.807) is 12.1 Å². The molecule has 1 radical (unpaired) electrons. The Morgan fingerprint density at radius 3 is 2.50 bits per heavy atom. The molecule has 0 amide bonds. The van der Waals surface area contributed by atoms with E-state index in [-0.39, 0.29) is 18.9 Å². The summed E-state index contributed by atoms with van der Waals surface area (Å²) in [5.74, 6) is 0.206. The minimum Gasteiger partial charge on any atom is -0.715 e. The van der Waals surface area contributed by atoms with E-state index >= 15 is 0 Å². The van der Waals surface area contributed by atoms with Gasteiger partial charge in [0.15, 0.2) is 6.54 Å². The van der Waals surface area contributed by atoms with E-state index in [0.717, 1.165) is 14.3 Å². The summed E-state index contributed by atoms with van der Waals surface area (Å²) in [7, 11) is 0. The lowest BCUT2D eigenvalue weighted by Gasteiger charge is -2.05. The molecule has 0 bridgehead atoms. The van der Waals surface area contributed by atoms with Crippen molar-refractivity contribution in [2.45, 2.75) is 0 Å². The van der Waals surface area contributed by atoms with Crippen LogP contribution in [0, 0.1) is 5.21 Å². The van der Waals surface area contributed by atoms with Crippen LogP contribution in [0.2, 0.25) is 0 Å². The van der Waals surface area contributed by atoms with Gasteiger partial charge in [0.05, 0.1) is 5.56 Å². The van der Waals surface area contributed by atoms with Gasteiger partial charge in [0.2, 0.25) is 0 Å². The summed E-state index contributed by atoms with van der Waals surface area (Å²) in [6.45, 7) is 0.490. The predicted octanol–water partition coefficient (Wildman–Crippen LogP) is 1.37. The molecule has 0 atom stereocenters. The van der Waals surface area contributed by atoms with Crippen LogP contribution in [-0.4, -0.2) is 28.7 Å². The summed E-state index contributed by atoms with van der Waals surface area (Å²) >= 11 is 3.29. The molecule has 1 aromatic rings. The minimum atomic E-state index is 0.206. The summed E-state index contributed by atoms with van der Waals surface area (Å²) in [4.78, 5) is 0. The Balaban J connectivity index is 2.39. The monoisotopic (exact) mass is 255 g/mol. The molecule has 0 saturated carbocycles. The summed E-state index contributed by atoms with van der Waals surface area (Å²) in [5.41, 5.74) is 0.663. The first-order valence-corrected chi connectivity index (χ1v) is 5.00. The maximum Gasteiger partial charge on any atom is 0.315 e. The molecule has 0 unspecified atom stereocenters. The normalized spacial score (nSPS) is 16.6. The van der Waals surface area contributed by atoms with Crippen LogP contribution in [-0.2, 0) is 5.21 Å². The zero-order valence-corrected chi connectivity index (χ0v) is 8.90. The molecule has 5 heteroatoms. The third-order valence-electron chi connectivity index (χ3n) is 2.08. The van der Waals surface area contributed by atoms with Gasteiger partial charge in [-0.05, 0) is 24.3 Å². The van der Waals surface area contributed by atoms with E-state index in [2.05, 4.69) is 15.9 Å². The highest BCUT2D eigenvalue weighted by atomic mass is 79.9. The summed E-state index contributed by atoms with van der Waals surface area (Å²) < 4.78 is 1.66. The van der Waals surface area contributed by atoms with Crippen LogP contribution in [0.3, 0.4) is 0 Å². The van der Waals surface area contributed by atoms with Crippen molar-refractivity contribution in [3.63, 3.8) is 0 Å². The van der Waals surface area contributed by atoms with Gasteiger partial charge in [-0.2, -0.15) is 0 Å². The molecule has 1 aliphatic heterocycles. The Bertz CT molecular complexity index is 375. The van der Waals surface area contributed by atoms with Gasteiger partial charge < -0.3 is 5.21 Å². The standard InChI is InChI=1S/C9H8BrN2O2/c10-8-3-1-7(2-4-8)9-11(13)5-6-12(9)14/h1-4H,5-6H2. The van der Waals surface area contributed by atoms with Crippen LogP contribution in [0.1, 0.15) is 5.56 Å². The highest BCUT2D eigenvalue weighted by molar-refractivity contribution is 9.10. The third kappa shape index (κ3) is 1.60. The van der Waals surface area contributed by atoms with E-state index in [1.807, 2.05) is 12.1 Å². The van der Waals surface area contributed by atoms with E-state index in [4.69, 9.17) is 0 Å². The maximum absolute atomic E-state index is 11.3. The van der Waals surface area contributed by atoms with Crippen LogP contribution < -0.4 is 0 Å². The van der Waals surface area contributed by atoms with Gasteiger partial charge in [0, 0.05) is 9.68 Å². The molecule has 4 nitrogen and oxygen atoms in total. The lowest BCUT2D eigenvalue weighted by molar-refractivity contribution is -0.445. The Kier molecular flexibility index (Phi) is 2.43. The average molecular weight is 256 g/mol. The van der Waals surface area contributed by atoms with Crippen molar-refractivity contribution in [3.8, 4) is 0 Å². The fraction of sp³-hybridized carbons (Fsp3) is 0.222. The molecular weight excluding hydrogens is 248 g/mol. The van der Waals surface area contributed by atoms with Gasteiger partial charge in [-0.1, -0.05) is 21.0 Å². The molecular formula is C9H8BrN2O2. The van der Waals surface area contributed by atoms with Gasteiger partial charge >= 0.3 is 5.84 Å². The largest absolute Gasteiger partial charge is 0.715 e. The van der Waals surface area contributed by atoms with Gasteiger partial charge in [-0.3, -0.25) is 4.74 Å². The molecule has 14 heavy (non-hydrogen) atoms. The second kappa shape index (κ2) is 3.59. The Labute approximate surface area is 89.7 Å². The molecule has 0 N–H and O–H groups in total. The summed E-state index contributed by atoms with van der Waals surface area (Å²) in [6.07, 6.45) is 0. The lowest BCUT2D eigenvalue weighted by atomic mass is 10.2. The molecule has 0 fully saturated rings. The van der Waals surface area contributed by atoms with Crippen LogP contribution in [0.25, 0.3) is 0 Å². The number of hydrogen-bond donors (Lipinski definition) is 0. The SMILES string of the molecule is [O]N1CC[N+]([O-])=C1c1ccc(Br)cc1. The number of rotatable bonds is 1. The Morgan fingerprint density at radius 1 is 1.36 bits per heavy atom. The van der Waals surface area contributed by atoms with E-state index in [0.29, 0.717) is 5.56 Å². The second-order valence-electron chi connectivity index (χ2n) is 3.03. The zero-order valence-electron chi connectivity index (χ0n) is 7.31. The van der Waals surface area contributed by atoms with Crippen molar-refractivity contribution < 1.29 is 9.95 Å². The zero-order chi connectivity index (χ0) is 10.1. The highest BCUT2D eigenvalue weighted by Crippen LogP contribution is 2.14. The van der Waals surface area contributed by atoms with Gasteiger partial charge in [0.25, 0.3) is 0 Å². The van der Waals surface area contributed by atoms with Gasteiger partial charge in [-0.25, -0.2) is 0 Å². The van der Waals surface area contributed by atoms with Crippen LogP contribution >= 0.6 is 15.9 Å². The topological polar surface area (TPSA) is 49.2 Å². The number of hydrogen-bond acceptors (Lipinski definition) is 2. The molecule has 1 aliphatic rings. The number of halogens is 1. The summed E-state index contributed by atoms with van der Waals surface area (Å²) in [5, 5.41) is 23.3. The van der Waals surface area contributed by atoms with Crippen LogP contribution in [0.15, 0.2) is 28.7 Å². The van der Waals surface area contributed by atoms with Gasteiger partial charge in [-0.15, -0.1) is 0 Å². The van der Waals surface area contributed by atoms with Crippen LogP contribution in [0.4, 0.5) is 0 Å². The number of amidine groups is 1. The van der Waals surface area contributed by atoms with Crippen molar-refractivity contribution in [2.24, 2.45) is 0 Å². The summed E-state index contributed by atoms with van der Waals surface area (Å²) in [6, 6.07) is 7.12. The second-order valence-corrected chi connectivity index (χ2v) is 3.95. The number of benzene rings is 1. The highest BCUT2D eigenvalue weighted by Gasteiger charge is 2.29. The molecule has 1 aromatic carbocycles. The molecule has 0 aromatic heterocycles. The molecule has 1 heterocycles. The number of hydroxylamine groups is 3. The Hall–Kier alpha value is -1.07. The maximum atomic E-state index is 11.3. The van der Waals surface area contributed by atoms with Crippen LogP contribution in [0.5, 0.6) is 0 Å². The van der Waals surface area contributed by atoms with Gasteiger partial charge in [0.1, 0.15) is 6.54 Å². The third-order valence-corrected chi connectivity index (χ3v) is 2.61. The average Bonchev–Trinajstić information content (AvgIpc) is 2.49.